The van der Waals surface area contributed by atoms with Crippen molar-refractivity contribution in [3.63, 3.8) is 0 Å². The normalized spacial score (nSPS) is 17.0. The van der Waals surface area contributed by atoms with E-state index in [-0.39, 0.29) is 17.2 Å². The Balaban J connectivity index is 1.71. The van der Waals surface area contributed by atoms with Gasteiger partial charge in [0.2, 0.25) is 5.91 Å². The number of carbonyl (C=O) groups is 2. The van der Waals surface area contributed by atoms with Crippen LogP contribution in [0.4, 0.5) is 0 Å². The molecule has 1 aliphatic heterocycles. The van der Waals surface area contributed by atoms with Gasteiger partial charge in [0.05, 0.1) is 5.75 Å². The number of nitrogens with one attached hydrogen (secondary N) is 1. The van der Waals surface area contributed by atoms with Gasteiger partial charge >= 0.3 is 0 Å². The van der Waals surface area contributed by atoms with Gasteiger partial charge in [-0.15, -0.1) is 11.8 Å². The number of carbonyl (C=O) groups excluding carboxylic acids is 2. The largest absolute Gasteiger partial charge is 0.352 e. The molecule has 0 aromatic heterocycles. The van der Waals surface area contributed by atoms with Crippen molar-refractivity contribution < 1.29 is 9.59 Å². The van der Waals surface area contributed by atoms with Crippen LogP contribution in [0.2, 0.25) is 0 Å². The van der Waals surface area contributed by atoms with Gasteiger partial charge < -0.3 is 10.2 Å². The fraction of sp³-hybridized carbons (Fsp3) is 0.333. The van der Waals surface area contributed by atoms with Crippen LogP contribution in [0, 0.1) is 5.92 Å². The van der Waals surface area contributed by atoms with E-state index in [0.717, 1.165) is 11.1 Å². The van der Waals surface area contributed by atoms with E-state index in [4.69, 9.17) is 0 Å². The van der Waals surface area contributed by atoms with Crippen LogP contribution in [0.5, 0.6) is 0 Å². The Labute approximate surface area is 159 Å². The summed E-state index contributed by atoms with van der Waals surface area (Å²) in [6, 6.07) is 17.6. The second-order valence-corrected chi connectivity index (χ2v) is 7.97. The van der Waals surface area contributed by atoms with Gasteiger partial charge in [0.15, 0.2) is 0 Å². The summed E-state index contributed by atoms with van der Waals surface area (Å²) in [5.41, 5.74) is 2.83. The summed E-state index contributed by atoms with van der Waals surface area (Å²) in [4.78, 5) is 26.4. The lowest BCUT2D eigenvalue weighted by Gasteiger charge is -2.24. The molecule has 1 fully saturated rings. The highest BCUT2D eigenvalue weighted by Gasteiger charge is 2.32. The molecule has 2 amide bonds. The molecule has 0 saturated carbocycles. The molecule has 136 valence electrons. The average Bonchev–Trinajstić information content (AvgIpc) is 3.01. The molecule has 1 saturated heterocycles. The van der Waals surface area contributed by atoms with Gasteiger partial charge in [-0.05, 0) is 29.2 Å². The minimum Gasteiger partial charge on any atom is -0.352 e. The summed E-state index contributed by atoms with van der Waals surface area (Å²) in [7, 11) is 0. The lowest BCUT2D eigenvalue weighted by molar-refractivity contribution is -0.128. The molecule has 0 spiro atoms. The number of hydrogen-bond acceptors (Lipinski definition) is 3. The lowest BCUT2D eigenvalue weighted by atomic mass is 10.1. The zero-order valence-electron chi connectivity index (χ0n) is 15.1. The highest BCUT2D eigenvalue weighted by Crippen LogP contribution is 2.39. The monoisotopic (exact) mass is 368 g/mol. The van der Waals surface area contributed by atoms with Crippen LogP contribution in [0.25, 0.3) is 0 Å². The van der Waals surface area contributed by atoms with Gasteiger partial charge in [0.1, 0.15) is 5.37 Å². The number of hydrogen-bond donors (Lipinski definition) is 1. The maximum Gasteiger partial charge on any atom is 0.251 e. The number of amides is 2. The van der Waals surface area contributed by atoms with Crippen molar-refractivity contribution in [1.29, 1.82) is 0 Å². The van der Waals surface area contributed by atoms with E-state index in [2.05, 4.69) is 19.2 Å². The molecule has 5 heteroatoms. The molecule has 26 heavy (non-hydrogen) atoms. The smallest absolute Gasteiger partial charge is 0.251 e. The summed E-state index contributed by atoms with van der Waals surface area (Å²) >= 11 is 1.64. The molecule has 4 nitrogen and oxygen atoms in total. The van der Waals surface area contributed by atoms with Crippen LogP contribution in [-0.4, -0.2) is 29.0 Å². The molecule has 1 N–H and O–H groups in total. The van der Waals surface area contributed by atoms with Gasteiger partial charge in [0.25, 0.3) is 5.91 Å². The van der Waals surface area contributed by atoms with E-state index >= 15 is 0 Å². The molecule has 3 rings (SSSR count). The summed E-state index contributed by atoms with van der Waals surface area (Å²) in [5.74, 6) is 1.02. The molecule has 0 bridgehead atoms. The number of benzene rings is 2. The Morgan fingerprint density at radius 1 is 1.15 bits per heavy atom. The van der Waals surface area contributed by atoms with Crippen LogP contribution in [0.1, 0.15) is 40.7 Å². The molecule has 1 heterocycles. The van der Waals surface area contributed by atoms with Crippen molar-refractivity contribution in [2.45, 2.75) is 25.8 Å². The quantitative estimate of drug-likeness (QED) is 0.843. The summed E-state index contributed by atoms with van der Waals surface area (Å²) in [6.07, 6.45) is 0. The van der Waals surface area contributed by atoms with Crippen molar-refractivity contribution in [2.24, 2.45) is 5.92 Å². The standard InChI is InChI=1S/C21H24N2O2S/c1-15(2)12-22-20(25)17-8-10-18(11-9-17)21-23(19(24)14-26-21)13-16-6-4-3-5-7-16/h3-11,15,21H,12-14H2,1-2H3,(H,22,25)/t21-/m0/s1. The zero-order valence-corrected chi connectivity index (χ0v) is 16.0. The average molecular weight is 369 g/mol. The summed E-state index contributed by atoms with van der Waals surface area (Å²) in [5, 5.41) is 2.92. The van der Waals surface area contributed by atoms with Crippen LogP contribution in [0.15, 0.2) is 54.6 Å². The van der Waals surface area contributed by atoms with Crippen molar-refractivity contribution in [2.75, 3.05) is 12.3 Å². The van der Waals surface area contributed by atoms with Crippen LogP contribution in [0.3, 0.4) is 0 Å². The molecular weight excluding hydrogens is 344 g/mol. The molecule has 1 atom stereocenters. The Morgan fingerprint density at radius 3 is 2.50 bits per heavy atom. The second-order valence-electron chi connectivity index (χ2n) is 6.90. The second kappa shape index (κ2) is 8.41. The van der Waals surface area contributed by atoms with Crippen LogP contribution in [-0.2, 0) is 11.3 Å². The summed E-state index contributed by atoms with van der Waals surface area (Å²) in [6.45, 7) is 5.41. The highest BCUT2D eigenvalue weighted by atomic mass is 32.2. The Hall–Kier alpha value is -2.27. The van der Waals surface area contributed by atoms with Crippen molar-refractivity contribution in [3.05, 3.63) is 71.3 Å². The third-order valence-electron chi connectivity index (χ3n) is 4.29. The molecule has 2 aromatic rings. The van der Waals surface area contributed by atoms with Gasteiger partial charge in [-0.3, -0.25) is 9.59 Å². The van der Waals surface area contributed by atoms with Gasteiger partial charge in [-0.2, -0.15) is 0 Å². The lowest BCUT2D eigenvalue weighted by Crippen LogP contribution is -2.28. The number of thioether (sulfide) groups is 1. The van der Waals surface area contributed by atoms with Gasteiger partial charge in [-0.25, -0.2) is 0 Å². The van der Waals surface area contributed by atoms with E-state index < -0.39 is 0 Å². The highest BCUT2D eigenvalue weighted by molar-refractivity contribution is 8.00. The van der Waals surface area contributed by atoms with Crippen molar-refractivity contribution in [3.8, 4) is 0 Å². The van der Waals surface area contributed by atoms with Crippen molar-refractivity contribution >= 4 is 23.6 Å². The van der Waals surface area contributed by atoms with E-state index in [1.54, 1.807) is 11.8 Å². The van der Waals surface area contributed by atoms with E-state index in [9.17, 15) is 9.59 Å². The fourth-order valence-electron chi connectivity index (χ4n) is 2.88. The first-order valence-corrected chi connectivity index (χ1v) is 9.92. The Morgan fingerprint density at radius 2 is 1.85 bits per heavy atom. The zero-order chi connectivity index (χ0) is 18.5. The molecule has 0 aliphatic carbocycles. The number of rotatable bonds is 6. The van der Waals surface area contributed by atoms with E-state index in [1.807, 2.05) is 59.5 Å². The van der Waals surface area contributed by atoms with Gasteiger partial charge in [-0.1, -0.05) is 56.3 Å². The molecule has 0 unspecified atom stereocenters. The predicted octanol–water partition coefficient (Wildman–Crippen LogP) is 3.85. The number of nitrogens with zero attached hydrogens (tertiary/aromatic N) is 1. The molecule has 2 aromatic carbocycles. The first-order valence-electron chi connectivity index (χ1n) is 8.87. The third-order valence-corrected chi connectivity index (χ3v) is 5.55. The first-order chi connectivity index (χ1) is 12.5. The molecule has 1 aliphatic rings. The Kier molecular flexibility index (Phi) is 5.99. The van der Waals surface area contributed by atoms with Crippen LogP contribution >= 0.6 is 11.8 Å². The Bertz CT molecular complexity index is 759. The topological polar surface area (TPSA) is 49.4 Å². The van der Waals surface area contributed by atoms with Crippen molar-refractivity contribution in [1.82, 2.24) is 10.2 Å². The minimum absolute atomic E-state index is 0.00418. The minimum atomic E-state index is -0.0541. The van der Waals surface area contributed by atoms with Gasteiger partial charge in [0, 0.05) is 18.7 Å². The fourth-order valence-corrected chi connectivity index (χ4v) is 4.07. The first kappa shape index (κ1) is 18.5. The maximum absolute atomic E-state index is 12.3. The third kappa shape index (κ3) is 4.47. The van der Waals surface area contributed by atoms with E-state index in [1.165, 1.54) is 0 Å². The molecule has 0 radical (unpaired) electrons. The SMILES string of the molecule is CC(C)CNC(=O)c1ccc([C@@H]2SCC(=O)N2Cc2ccccc2)cc1. The predicted molar refractivity (Wildman–Crippen MR) is 106 cm³/mol. The molecular formula is C21H24N2O2S. The van der Waals surface area contributed by atoms with E-state index in [0.29, 0.717) is 30.3 Å². The van der Waals surface area contributed by atoms with Crippen LogP contribution < -0.4 is 5.32 Å². The maximum atomic E-state index is 12.3. The summed E-state index contributed by atoms with van der Waals surface area (Å²) < 4.78 is 0.